The van der Waals surface area contributed by atoms with Crippen LogP contribution >= 0.6 is 0 Å². The number of benzene rings is 3. The van der Waals surface area contributed by atoms with Crippen LogP contribution in [-0.4, -0.2) is 22.8 Å². The van der Waals surface area contributed by atoms with E-state index in [4.69, 9.17) is 0 Å². The second kappa shape index (κ2) is 9.67. The molecule has 0 spiro atoms. The molecule has 3 aromatic carbocycles. The van der Waals surface area contributed by atoms with Gasteiger partial charge in [0.1, 0.15) is 5.75 Å². The van der Waals surface area contributed by atoms with Crippen molar-refractivity contribution in [3.8, 4) is 5.75 Å². The van der Waals surface area contributed by atoms with E-state index in [9.17, 15) is 10.2 Å². The summed E-state index contributed by atoms with van der Waals surface area (Å²) in [6, 6.07) is 23.1. The quantitative estimate of drug-likeness (QED) is 0.452. The molecule has 0 fully saturated rings. The first-order valence-corrected chi connectivity index (χ1v) is 11.4. The summed E-state index contributed by atoms with van der Waals surface area (Å²) in [5.41, 5.74) is 7.52. The van der Waals surface area contributed by atoms with Crippen LogP contribution in [0.15, 0.2) is 66.7 Å². The number of hydrogen-bond donors (Lipinski definition) is 3. The molecule has 3 heteroatoms. The largest absolute Gasteiger partial charge is 0.508 e. The summed E-state index contributed by atoms with van der Waals surface area (Å²) < 4.78 is 0. The molecule has 2 unspecified atom stereocenters. The average molecular weight is 416 g/mol. The Labute approximate surface area is 185 Å². The van der Waals surface area contributed by atoms with Gasteiger partial charge in [-0.15, -0.1) is 0 Å². The van der Waals surface area contributed by atoms with Crippen molar-refractivity contribution in [3.63, 3.8) is 0 Å². The van der Waals surface area contributed by atoms with Crippen LogP contribution in [0, 0.1) is 6.92 Å². The monoisotopic (exact) mass is 415 g/mol. The maximum atomic E-state index is 10.7. The Morgan fingerprint density at radius 3 is 2.16 bits per heavy atom. The topological polar surface area (TPSA) is 52.5 Å². The highest BCUT2D eigenvalue weighted by Gasteiger charge is 2.23. The lowest BCUT2D eigenvalue weighted by Crippen LogP contribution is -2.33. The standard InChI is InChI=1S/C28H33NO2/c1-19-18-23(15-16-27(19)30)28(31)20(2)29-17-7-12-26-24-10-5-3-8-21(24)13-14-22-9-4-6-11-25(22)26/h3-6,8-11,15-16,18,20,26,28-31H,7,12-14,17H2,1-2H3. The van der Waals surface area contributed by atoms with E-state index in [1.165, 1.54) is 22.3 Å². The van der Waals surface area contributed by atoms with E-state index in [-0.39, 0.29) is 11.8 Å². The smallest absolute Gasteiger partial charge is 0.118 e. The fraction of sp³-hybridized carbons (Fsp3) is 0.357. The number of aromatic hydroxyl groups is 1. The van der Waals surface area contributed by atoms with Gasteiger partial charge in [0.25, 0.3) is 0 Å². The fourth-order valence-electron chi connectivity index (χ4n) is 4.85. The highest BCUT2D eigenvalue weighted by atomic mass is 16.3. The van der Waals surface area contributed by atoms with Crippen LogP contribution in [0.1, 0.15) is 65.2 Å². The molecular formula is C28H33NO2. The first-order chi connectivity index (χ1) is 15.0. The van der Waals surface area contributed by atoms with Gasteiger partial charge in [0.2, 0.25) is 0 Å². The molecule has 0 saturated carbocycles. The van der Waals surface area contributed by atoms with Crippen LogP contribution in [0.4, 0.5) is 0 Å². The highest BCUT2D eigenvalue weighted by molar-refractivity contribution is 5.44. The fourth-order valence-corrected chi connectivity index (χ4v) is 4.85. The molecular weight excluding hydrogens is 382 g/mol. The molecule has 0 aliphatic heterocycles. The second-order valence-electron chi connectivity index (χ2n) is 8.83. The maximum Gasteiger partial charge on any atom is 0.118 e. The molecule has 3 N–H and O–H groups in total. The zero-order valence-corrected chi connectivity index (χ0v) is 18.5. The minimum absolute atomic E-state index is 0.0577. The SMILES string of the molecule is Cc1cc(C(O)C(C)NCCCC2c3ccccc3CCc3ccccc32)ccc1O. The van der Waals surface area contributed by atoms with Gasteiger partial charge in [-0.05, 0) is 91.6 Å². The van der Waals surface area contributed by atoms with Crippen LogP contribution < -0.4 is 5.32 Å². The number of aliphatic hydroxyl groups is 1. The summed E-state index contributed by atoms with van der Waals surface area (Å²) in [6.07, 6.45) is 3.74. The number of phenolic OH excluding ortho intramolecular Hbond substituents is 1. The van der Waals surface area contributed by atoms with Gasteiger partial charge in [0, 0.05) is 12.0 Å². The zero-order valence-electron chi connectivity index (χ0n) is 18.5. The lowest BCUT2D eigenvalue weighted by molar-refractivity contribution is 0.136. The third-order valence-corrected chi connectivity index (χ3v) is 6.70. The van der Waals surface area contributed by atoms with E-state index in [0.29, 0.717) is 5.92 Å². The van der Waals surface area contributed by atoms with Crippen LogP contribution in [-0.2, 0) is 12.8 Å². The molecule has 2 atom stereocenters. The summed E-state index contributed by atoms with van der Waals surface area (Å²) in [5, 5.41) is 23.9. The Morgan fingerprint density at radius 1 is 0.935 bits per heavy atom. The molecule has 3 aromatic rings. The molecule has 0 amide bonds. The van der Waals surface area contributed by atoms with Crippen molar-refractivity contribution in [1.29, 1.82) is 0 Å². The van der Waals surface area contributed by atoms with Crippen molar-refractivity contribution in [2.24, 2.45) is 0 Å². The van der Waals surface area contributed by atoms with Gasteiger partial charge in [0.15, 0.2) is 0 Å². The third kappa shape index (κ3) is 4.84. The molecule has 0 aromatic heterocycles. The Morgan fingerprint density at radius 2 is 1.55 bits per heavy atom. The molecule has 31 heavy (non-hydrogen) atoms. The molecule has 1 aliphatic rings. The number of hydrogen-bond acceptors (Lipinski definition) is 3. The normalized spacial score (nSPS) is 15.6. The number of fused-ring (bicyclic) bond motifs is 2. The number of aliphatic hydroxyl groups excluding tert-OH is 1. The second-order valence-corrected chi connectivity index (χ2v) is 8.83. The predicted octanol–water partition coefficient (Wildman–Crippen LogP) is 5.42. The van der Waals surface area contributed by atoms with E-state index in [0.717, 1.165) is 43.4 Å². The Bertz CT molecular complexity index is 982. The molecule has 4 rings (SSSR count). The van der Waals surface area contributed by atoms with Crippen LogP contribution in [0.25, 0.3) is 0 Å². The summed E-state index contributed by atoms with van der Waals surface area (Å²) in [5.74, 6) is 0.692. The Kier molecular flexibility index (Phi) is 6.74. The molecule has 0 radical (unpaired) electrons. The van der Waals surface area contributed by atoms with Crippen LogP contribution in [0.3, 0.4) is 0 Å². The molecule has 0 heterocycles. The maximum absolute atomic E-state index is 10.7. The lowest BCUT2D eigenvalue weighted by atomic mass is 9.85. The summed E-state index contributed by atoms with van der Waals surface area (Å²) in [6.45, 7) is 4.73. The highest BCUT2D eigenvalue weighted by Crippen LogP contribution is 2.37. The van der Waals surface area contributed by atoms with Gasteiger partial charge in [-0.3, -0.25) is 0 Å². The number of phenols is 1. The lowest BCUT2D eigenvalue weighted by Gasteiger charge is -2.23. The van der Waals surface area contributed by atoms with Gasteiger partial charge in [-0.1, -0.05) is 54.6 Å². The van der Waals surface area contributed by atoms with E-state index >= 15 is 0 Å². The van der Waals surface area contributed by atoms with Crippen molar-refractivity contribution in [1.82, 2.24) is 5.32 Å². The van der Waals surface area contributed by atoms with Crippen molar-refractivity contribution >= 4 is 0 Å². The van der Waals surface area contributed by atoms with E-state index < -0.39 is 6.10 Å². The van der Waals surface area contributed by atoms with Gasteiger partial charge < -0.3 is 15.5 Å². The van der Waals surface area contributed by atoms with Crippen LogP contribution in [0.5, 0.6) is 5.75 Å². The molecule has 162 valence electrons. The third-order valence-electron chi connectivity index (χ3n) is 6.70. The number of nitrogens with one attached hydrogen (secondary N) is 1. The first-order valence-electron chi connectivity index (χ1n) is 11.4. The minimum atomic E-state index is -0.598. The summed E-state index contributed by atoms with van der Waals surface area (Å²) in [7, 11) is 0. The Balaban J connectivity index is 1.40. The van der Waals surface area contributed by atoms with Gasteiger partial charge in [-0.2, -0.15) is 0 Å². The Hall–Kier alpha value is -2.62. The summed E-state index contributed by atoms with van der Waals surface area (Å²) >= 11 is 0. The molecule has 0 bridgehead atoms. The molecule has 0 saturated heterocycles. The van der Waals surface area contributed by atoms with E-state index in [1.807, 2.05) is 19.9 Å². The van der Waals surface area contributed by atoms with Gasteiger partial charge >= 0.3 is 0 Å². The van der Waals surface area contributed by atoms with Crippen molar-refractivity contribution in [2.75, 3.05) is 6.54 Å². The van der Waals surface area contributed by atoms with E-state index in [2.05, 4.69) is 53.8 Å². The molecule has 3 nitrogen and oxygen atoms in total. The number of rotatable bonds is 7. The minimum Gasteiger partial charge on any atom is -0.508 e. The first kappa shape index (κ1) is 21.6. The van der Waals surface area contributed by atoms with Crippen molar-refractivity contribution in [2.45, 2.75) is 57.6 Å². The summed E-state index contributed by atoms with van der Waals surface area (Å²) in [4.78, 5) is 0. The zero-order chi connectivity index (χ0) is 21.8. The van der Waals surface area contributed by atoms with Gasteiger partial charge in [-0.25, -0.2) is 0 Å². The average Bonchev–Trinajstić information content (AvgIpc) is 2.95. The number of aryl methyl sites for hydroxylation is 3. The van der Waals surface area contributed by atoms with Crippen LogP contribution in [0.2, 0.25) is 0 Å². The van der Waals surface area contributed by atoms with Crippen molar-refractivity contribution < 1.29 is 10.2 Å². The van der Waals surface area contributed by atoms with E-state index in [1.54, 1.807) is 12.1 Å². The molecule has 1 aliphatic carbocycles. The van der Waals surface area contributed by atoms with Crippen molar-refractivity contribution in [3.05, 3.63) is 100 Å². The predicted molar refractivity (Wildman–Crippen MR) is 127 cm³/mol. The van der Waals surface area contributed by atoms with Gasteiger partial charge in [0.05, 0.1) is 6.10 Å².